The Morgan fingerprint density at radius 3 is 2.83 bits per heavy atom. The molecule has 0 bridgehead atoms. The highest BCUT2D eigenvalue weighted by molar-refractivity contribution is 7.10. The second-order valence-corrected chi connectivity index (χ2v) is 8.35. The molecule has 1 saturated heterocycles. The topological polar surface area (TPSA) is 79.6 Å². The zero-order valence-corrected chi connectivity index (χ0v) is 19.0. The molecular weight excluding hydrogens is 398 g/mol. The fourth-order valence-corrected chi connectivity index (χ4v) is 4.38. The Morgan fingerprint density at radius 1 is 1.27 bits per heavy atom. The summed E-state index contributed by atoms with van der Waals surface area (Å²) in [5, 5.41) is 17.3. The highest BCUT2D eigenvalue weighted by Gasteiger charge is 2.23. The lowest BCUT2D eigenvalue weighted by Gasteiger charge is -2.33. The maximum Gasteiger partial charge on any atom is 0.191 e. The van der Waals surface area contributed by atoms with Crippen molar-refractivity contribution in [2.45, 2.75) is 45.7 Å². The molecule has 1 aliphatic heterocycles. The van der Waals surface area contributed by atoms with Crippen LogP contribution in [0.4, 0.5) is 0 Å². The normalized spacial score (nSPS) is 16.5. The minimum Gasteiger partial charge on any atom is -0.379 e. The molecule has 0 saturated carbocycles. The van der Waals surface area contributed by atoms with Gasteiger partial charge in [-0.15, -0.1) is 21.5 Å². The fourth-order valence-electron chi connectivity index (χ4n) is 3.53. The predicted octanol–water partition coefficient (Wildman–Crippen LogP) is 2.31. The Kier molecular flexibility index (Phi) is 9.59. The van der Waals surface area contributed by atoms with E-state index in [4.69, 9.17) is 9.73 Å². The minimum absolute atomic E-state index is 0.295. The van der Waals surface area contributed by atoms with Crippen molar-refractivity contribution in [2.24, 2.45) is 4.99 Å². The van der Waals surface area contributed by atoms with Crippen LogP contribution < -0.4 is 10.6 Å². The van der Waals surface area contributed by atoms with Crippen LogP contribution in [-0.4, -0.2) is 71.6 Å². The number of hydrogen-bond donors (Lipinski definition) is 2. The van der Waals surface area contributed by atoms with Gasteiger partial charge in [-0.25, -0.2) is 0 Å². The Bertz CT molecular complexity index is 740. The van der Waals surface area contributed by atoms with E-state index in [2.05, 4.69) is 61.7 Å². The van der Waals surface area contributed by atoms with E-state index in [-0.39, 0.29) is 0 Å². The van der Waals surface area contributed by atoms with Gasteiger partial charge in [0.25, 0.3) is 0 Å². The van der Waals surface area contributed by atoms with Crippen LogP contribution in [0.2, 0.25) is 0 Å². The SMILES string of the molecule is CCCCNC(=NCC(c1cccs1)N1CCOCC1)NCCn1cnnc1CC. The van der Waals surface area contributed by atoms with Crippen LogP contribution in [0.25, 0.3) is 0 Å². The lowest BCUT2D eigenvalue weighted by molar-refractivity contribution is 0.0186. The van der Waals surface area contributed by atoms with Gasteiger partial charge in [-0.05, 0) is 17.9 Å². The first-order valence-electron chi connectivity index (χ1n) is 11.1. The summed E-state index contributed by atoms with van der Waals surface area (Å²) in [5.74, 6) is 1.89. The van der Waals surface area contributed by atoms with Gasteiger partial charge in [0.2, 0.25) is 0 Å². The number of aromatic nitrogens is 3. The third-order valence-corrected chi connectivity index (χ3v) is 6.23. The first kappa shape index (κ1) is 22.7. The van der Waals surface area contributed by atoms with Gasteiger partial charge in [-0.2, -0.15) is 0 Å². The van der Waals surface area contributed by atoms with E-state index >= 15 is 0 Å². The van der Waals surface area contributed by atoms with E-state index in [0.29, 0.717) is 6.04 Å². The molecule has 1 unspecified atom stereocenters. The molecule has 3 rings (SSSR count). The molecule has 9 heteroatoms. The number of hydrogen-bond acceptors (Lipinski definition) is 6. The van der Waals surface area contributed by atoms with Crippen molar-refractivity contribution < 1.29 is 4.74 Å². The summed E-state index contributed by atoms with van der Waals surface area (Å²) in [7, 11) is 0. The molecule has 166 valence electrons. The molecular formula is C21H35N7OS. The zero-order valence-electron chi connectivity index (χ0n) is 18.2. The van der Waals surface area contributed by atoms with Crippen LogP contribution in [0.5, 0.6) is 0 Å². The number of nitrogens with one attached hydrogen (secondary N) is 2. The summed E-state index contributed by atoms with van der Waals surface area (Å²) in [6.07, 6.45) is 4.97. The van der Waals surface area contributed by atoms with Crippen molar-refractivity contribution in [2.75, 3.05) is 45.9 Å². The number of morpholine rings is 1. The van der Waals surface area contributed by atoms with Gasteiger partial charge >= 0.3 is 0 Å². The van der Waals surface area contributed by atoms with Crippen molar-refractivity contribution in [1.29, 1.82) is 0 Å². The maximum absolute atomic E-state index is 5.55. The van der Waals surface area contributed by atoms with E-state index in [1.54, 1.807) is 6.33 Å². The maximum atomic E-state index is 5.55. The lowest BCUT2D eigenvalue weighted by atomic mass is 10.2. The molecule has 0 aromatic carbocycles. The second kappa shape index (κ2) is 12.7. The average molecular weight is 434 g/mol. The molecule has 3 heterocycles. The van der Waals surface area contributed by atoms with Crippen molar-refractivity contribution in [3.63, 3.8) is 0 Å². The molecule has 1 atom stereocenters. The standard InChI is InChI=1S/C21H35N7OS/c1-3-5-8-22-21(23-9-10-28-17-25-26-20(28)4-2)24-16-18(19-7-6-15-30-19)27-11-13-29-14-12-27/h6-7,15,17-18H,3-5,8-14,16H2,1-2H3,(H2,22,23,24). The molecule has 1 aliphatic rings. The van der Waals surface area contributed by atoms with Gasteiger partial charge in [-0.3, -0.25) is 9.89 Å². The second-order valence-electron chi connectivity index (χ2n) is 7.37. The number of thiophene rings is 1. The number of aryl methyl sites for hydroxylation is 1. The van der Waals surface area contributed by atoms with E-state index in [1.807, 2.05) is 11.3 Å². The van der Waals surface area contributed by atoms with E-state index in [0.717, 1.165) is 83.5 Å². The summed E-state index contributed by atoms with van der Waals surface area (Å²) in [5.41, 5.74) is 0. The third kappa shape index (κ3) is 6.78. The van der Waals surface area contributed by atoms with Gasteiger partial charge in [0.15, 0.2) is 5.96 Å². The van der Waals surface area contributed by atoms with E-state index in [1.165, 1.54) is 4.88 Å². The van der Waals surface area contributed by atoms with Crippen LogP contribution in [0.1, 0.15) is 43.4 Å². The minimum atomic E-state index is 0.295. The van der Waals surface area contributed by atoms with E-state index in [9.17, 15) is 0 Å². The zero-order chi connectivity index (χ0) is 21.0. The summed E-state index contributed by atoms with van der Waals surface area (Å²) in [6, 6.07) is 4.64. The summed E-state index contributed by atoms with van der Waals surface area (Å²) in [6.45, 7) is 11.1. The molecule has 0 spiro atoms. The van der Waals surface area contributed by atoms with Crippen LogP contribution in [0.15, 0.2) is 28.8 Å². The molecule has 2 aromatic rings. The summed E-state index contributed by atoms with van der Waals surface area (Å²) >= 11 is 1.81. The molecule has 8 nitrogen and oxygen atoms in total. The van der Waals surface area contributed by atoms with Crippen LogP contribution in [0, 0.1) is 0 Å². The van der Waals surface area contributed by atoms with Crippen LogP contribution in [-0.2, 0) is 17.7 Å². The van der Waals surface area contributed by atoms with Crippen molar-refractivity contribution in [1.82, 2.24) is 30.3 Å². The van der Waals surface area contributed by atoms with Crippen LogP contribution in [0.3, 0.4) is 0 Å². The molecule has 0 radical (unpaired) electrons. The average Bonchev–Trinajstić information content (AvgIpc) is 3.46. The van der Waals surface area contributed by atoms with Gasteiger partial charge < -0.3 is 19.9 Å². The highest BCUT2D eigenvalue weighted by atomic mass is 32.1. The quantitative estimate of drug-likeness (QED) is 0.322. The van der Waals surface area contributed by atoms with Crippen molar-refractivity contribution in [3.8, 4) is 0 Å². The van der Waals surface area contributed by atoms with Gasteiger partial charge in [0.1, 0.15) is 12.2 Å². The number of nitrogens with zero attached hydrogens (tertiary/aromatic N) is 5. The number of unbranched alkanes of at least 4 members (excludes halogenated alkanes) is 1. The Hall–Kier alpha value is -1.97. The summed E-state index contributed by atoms with van der Waals surface area (Å²) < 4.78 is 7.65. The number of ether oxygens (including phenoxy) is 1. The summed E-state index contributed by atoms with van der Waals surface area (Å²) in [4.78, 5) is 8.83. The monoisotopic (exact) mass is 433 g/mol. The fraction of sp³-hybridized carbons (Fsp3) is 0.667. The van der Waals surface area contributed by atoms with Gasteiger partial charge in [0, 0.05) is 44.0 Å². The smallest absolute Gasteiger partial charge is 0.191 e. The number of aliphatic imine (C=N–C) groups is 1. The molecule has 2 N–H and O–H groups in total. The first-order chi connectivity index (χ1) is 14.8. The Balaban J connectivity index is 1.62. The van der Waals surface area contributed by atoms with Crippen LogP contribution >= 0.6 is 11.3 Å². The molecule has 2 aromatic heterocycles. The molecule has 0 amide bonds. The predicted molar refractivity (Wildman–Crippen MR) is 122 cm³/mol. The molecule has 30 heavy (non-hydrogen) atoms. The van der Waals surface area contributed by atoms with Gasteiger partial charge in [-0.1, -0.05) is 26.3 Å². The third-order valence-electron chi connectivity index (χ3n) is 5.26. The van der Waals surface area contributed by atoms with E-state index < -0.39 is 0 Å². The first-order valence-corrected chi connectivity index (χ1v) is 11.9. The van der Waals surface area contributed by atoms with Gasteiger partial charge in [0.05, 0.1) is 25.8 Å². The van der Waals surface area contributed by atoms with Crippen molar-refractivity contribution >= 4 is 17.3 Å². The Labute approximate surface area is 183 Å². The number of rotatable bonds is 11. The highest BCUT2D eigenvalue weighted by Crippen LogP contribution is 2.26. The Morgan fingerprint density at radius 2 is 2.10 bits per heavy atom. The number of guanidine groups is 1. The molecule has 0 aliphatic carbocycles. The van der Waals surface area contributed by atoms with Crippen molar-refractivity contribution in [3.05, 3.63) is 34.5 Å². The largest absolute Gasteiger partial charge is 0.379 e. The lowest BCUT2D eigenvalue weighted by Crippen LogP contribution is -2.42. The molecule has 1 fully saturated rings.